The first-order chi connectivity index (χ1) is 16.5. The summed E-state index contributed by atoms with van der Waals surface area (Å²) in [6.45, 7) is 2.15. The molecule has 2 amide bonds. The number of carbonyl (C=O) groups excluding carboxylic acids is 3. The lowest BCUT2D eigenvalue weighted by Crippen LogP contribution is -2.55. The molecule has 1 radical (unpaired) electrons. The van der Waals surface area contributed by atoms with E-state index >= 15 is 0 Å². The second-order valence-corrected chi connectivity index (χ2v) is 9.59. The average molecular weight is 458 g/mol. The predicted molar refractivity (Wildman–Crippen MR) is 127 cm³/mol. The molecule has 3 aromatic rings. The van der Waals surface area contributed by atoms with Gasteiger partial charge in [0.1, 0.15) is 11.0 Å². The highest BCUT2D eigenvalue weighted by Gasteiger charge is 2.67. The number of likely N-dealkylation sites (tertiary alicyclic amines) is 1. The lowest BCUT2D eigenvalue weighted by atomic mass is 9.61. The smallest absolute Gasteiger partial charge is 0.259 e. The van der Waals surface area contributed by atoms with Crippen molar-refractivity contribution in [2.75, 3.05) is 0 Å². The number of amides is 2. The van der Waals surface area contributed by atoms with Crippen LogP contribution in [-0.2, 0) is 15.1 Å². The van der Waals surface area contributed by atoms with Crippen molar-refractivity contribution in [3.63, 3.8) is 0 Å². The first-order valence-electron chi connectivity index (χ1n) is 12.1. The summed E-state index contributed by atoms with van der Waals surface area (Å²) in [6, 6.07) is 16.4. The summed E-state index contributed by atoms with van der Waals surface area (Å²) in [7, 11) is 3.77. The summed E-state index contributed by atoms with van der Waals surface area (Å²) in [5.41, 5.74) is 0.508. The number of fused-ring (bicyclic) bond motifs is 2. The molecule has 1 aromatic heterocycles. The minimum absolute atomic E-state index is 0.0952. The van der Waals surface area contributed by atoms with E-state index < -0.39 is 29.2 Å². The summed E-state index contributed by atoms with van der Waals surface area (Å²) in [4.78, 5) is 43.4. The minimum atomic E-state index is -1.35. The van der Waals surface area contributed by atoms with Gasteiger partial charge in [0.15, 0.2) is 11.3 Å². The summed E-state index contributed by atoms with van der Waals surface area (Å²) < 4.78 is 0. The van der Waals surface area contributed by atoms with Crippen molar-refractivity contribution in [2.45, 2.75) is 51.0 Å². The van der Waals surface area contributed by atoms with E-state index in [2.05, 4.69) is 24.2 Å². The summed E-state index contributed by atoms with van der Waals surface area (Å²) in [5.74, 6) is -2.38. The molecule has 2 aromatic carbocycles. The quantitative estimate of drug-likeness (QED) is 0.298. The molecule has 1 aliphatic heterocycles. The first kappa shape index (κ1) is 22.4. The van der Waals surface area contributed by atoms with Gasteiger partial charge in [-0.2, -0.15) is 15.0 Å². The third kappa shape index (κ3) is 3.45. The van der Waals surface area contributed by atoms with Crippen LogP contribution in [0, 0.1) is 24.8 Å². The number of aromatic nitrogens is 3. The van der Waals surface area contributed by atoms with Crippen molar-refractivity contribution in [3.05, 3.63) is 67.2 Å². The van der Waals surface area contributed by atoms with Gasteiger partial charge in [-0.3, -0.25) is 19.3 Å². The van der Waals surface area contributed by atoms with Gasteiger partial charge >= 0.3 is 0 Å². The zero-order valence-corrected chi connectivity index (χ0v) is 19.4. The number of hydrogen-bond acceptors (Lipinski definition) is 5. The van der Waals surface area contributed by atoms with E-state index in [4.69, 9.17) is 0 Å². The Hall–Kier alpha value is -3.35. The number of Topliss-reactive ketones (excluding diaryl/α,β-unsaturated/α-hetero) is 1. The highest BCUT2D eigenvalue weighted by Crippen LogP contribution is 2.52. The Balaban J connectivity index is 1.65. The molecule has 0 N–H and O–H groups in total. The standard InChI is InChI=1S/C27H29N4O3/c1-3-4-6-11-18-16-20(24(32)19-12-7-5-8-13-19)23-25(33)30(2)26(34)27(23,17-18)31-28-21-14-9-10-15-22(21)29-31/h5,7-10,12-15,18,20,23H,2-4,6,11,16-17H2,1H3. The molecule has 1 saturated carbocycles. The molecule has 5 rings (SSSR count). The first-order valence-corrected chi connectivity index (χ1v) is 12.1. The van der Waals surface area contributed by atoms with Crippen LogP contribution in [0.3, 0.4) is 0 Å². The zero-order valence-electron chi connectivity index (χ0n) is 19.4. The fourth-order valence-electron chi connectivity index (χ4n) is 5.88. The van der Waals surface area contributed by atoms with Crippen molar-refractivity contribution in [1.82, 2.24) is 19.9 Å². The van der Waals surface area contributed by atoms with Crippen LogP contribution in [-0.4, -0.2) is 37.5 Å². The fourth-order valence-corrected chi connectivity index (χ4v) is 5.88. The fraction of sp³-hybridized carbons (Fsp3) is 0.407. The molecule has 2 aliphatic rings. The molecule has 7 nitrogen and oxygen atoms in total. The Morgan fingerprint density at radius 2 is 1.68 bits per heavy atom. The topological polar surface area (TPSA) is 85.2 Å². The Morgan fingerprint density at radius 3 is 2.32 bits per heavy atom. The van der Waals surface area contributed by atoms with Crippen molar-refractivity contribution >= 4 is 28.6 Å². The van der Waals surface area contributed by atoms with Gasteiger partial charge < -0.3 is 0 Å². The molecule has 4 atom stereocenters. The average Bonchev–Trinajstić information content (AvgIpc) is 3.39. The highest BCUT2D eigenvalue weighted by molar-refractivity contribution is 6.12. The molecule has 1 saturated heterocycles. The highest BCUT2D eigenvalue weighted by atomic mass is 16.2. The number of carbonyl (C=O) groups is 3. The molecule has 2 fully saturated rings. The number of imide groups is 1. The monoisotopic (exact) mass is 457 g/mol. The van der Waals surface area contributed by atoms with Gasteiger partial charge in [-0.1, -0.05) is 75.1 Å². The molecular weight excluding hydrogens is 428 g/mol. The summed E-state index contributed by atoms with van der Waals surface area (Å²) in [6.07, 6.45) is 5.07. The maximum Gasteiger partial charge on any atom is 0.259 e. The molecule has 0 bridgehead atoms. The van der Waals surface area contributed by atoms with E-state index in [1.165, 1.54) is 4.80 Å². The maximum atomic E-state index is 13.8. The van der Waals surface area contributed by atoms with Crippen molar-refractivity contribution < 1.29 is 14.4 Å². The number of hydrogen-bond donors (Lipinski definition) is 0. The maximum absolute atomic E-state index is 13.8. The second kappa shape index (κ2) is 8.78. The molecule has 7 heteroatoms. The second-order valence-electron chi connectivity index (χ2n) is 9.59. The summed E-state index contributed by atoms with van der Waals surface area (Å²) in [5, 5.41) is 9.31. The third-order valence-electron chi connectivity index (χ3n) is 7.51. The van der Waals surface area contributed by atoms with Crippen LogP contribution in [0.2, 0.25) is 0 Å². The molecule has 4 unspecified atom stereocenters. The van der Waals surface area contributed by atoms with E-state index in [1.807, 2.05) is 42.5 Å². The van der Waals surface area contributed by atoms with Gasteiger partial charge in [-0.25, -0.2) is 0 Å². The van der Waals surface area contributed by atoms with Crippen molar-refractivity contribution in [3.8, 4) is 0 Å². The van der Waals surface area contributed by atoms with E-state index in [1.54, 1.807) is 12.1 Å². The SMILES string of the molecule is [CH2]N1C(=O)C2C(C(=O)c3ccccc3)CC(CCCCC)CC2(n2nc3ccccc3n2)C1=O. The van der Waals surface area contributed by atoms with Gasteiger partial charge in [-0.05, 0) is 30.9 Å². The number of ketones is 1. The Bertz CT molecular complexity index is 1200. The number of unbranched alkanes of at least 4 members (excludes halogenated alkanes) is 2. The molecular formula is C27H29N4O3. The Morgan fingerprint density at radius 1 is 1.03 bits per heavy atom. The van der Waals surface area contributed by atoms with E-state index in [-0.39, 0.29) is 11.7 Å². The number of benzene rings is 2. The predicted octanol–water partition coefficient (Wildman–Crippen LogP) is 4.39. The van der Waals surface area contributed by atoms with Gasteiger partial charge in [0.2, 0.25) is 5.91 Å². The van der Waals surface area contributed by atoms with Crippen LogP contribution in [0.5, 0.6) is 0 Å². The van der Waals surface area contributed by atoms with Crippen LogP contribution in [0.1, 0.15) is 55.8 Å². The Kier molecular flexibility index (Phi) is 5.80. The van der Waals surface area contributed by atoms with Crippen molar-refractivity contribution in [1.29, 1.82) is 0 Å². The Labute approximate surface area is 199 Å². The lowest BCUT2D eigenvalue weighted by Gasteiger charge is -2.42. The number of nitrogens with zero attached hydrogens (tertiary/aromatic N) is 4. The van der Waals surface area contributed by atoms with Crippen molar-refractivity contribution in [2.24, 2.45) is 17.8 Å². The molecule has 34 heavy (non-hydrogen) atoms. The third-order valence-corrected chi connectivity index (χ3v) is 7.51. The van der Waals surface area contributed by atoms with E-state index in [9.17, 15) is 14.4 Å². The van der Waals surface area contributed by atoms with Gasteiger partial charge in [0.25, 0.3) is 5.91 Å². The molecule has 2 heterocycles. The number of rotatable bonds is 7. The van der Waals surface area contributed by atoms with E-state index in [0.717, 1.165) is 30.6 Å². The van der Waals surface area contributed by atoms with Gasteiger partial charge in [0.05, 0.1) is 5.92 Å². The van der Waals surface area contributed by atoms with Crippen LogP contribution in [0.25, 0.3) is 11.0 Å². The normalized spacial score (nSPS) is 26.8. The van der Waals surface area contributed by atoms with Crippen LogP contribution >= 0.6 is 0 Å². The largest absolute Gasteiger partial charge is 0.294 e. The van der Waals surface area contributed by atoms with Crippen LogP contribution < -0.4 is 0 Å². The van der Waals surface area contributed by atoms with Crippen LogP contribution in [0.15, 0.2) is 54.6 Å². The zero-order chi connectivity index (χ0) is 23.9. The molecule has 1 aliphatic carbocycles. The molecule has 175 valence electrons. The van der Waals surface area contributed by atoms with E-state index in [0.29, 0.717) is 29.4 Å². The summed E-state index contributed by atoms with van der Waals surface area (Å²) >= 11 is 0. The molecule has 0 spiro atoms. The van der Waals surface area contributed by atoms with Crippen LogP contribution in [0.4, 0.5) is 0 Å². The lowest BCUT2D eigenvalue weighted by molar-refractivity contribution is -0.139. The van der Waals surface area contributed by atoms with Gasteiger partial charge in [0, 0.05) is 18.5 Å². The minimum Gasteiger partial charge on any atom is -0.294 e. The van der Waals surface area contributed by atoms with Gasteiger partial charge in [-0.15, -0.1) is 0 Å².